The Morgan fingerprint density at radius 1 is 1.31 bits per heavy atom. The van der Waals surface area contributed by atoms with Gasteiger partial charge in [0.2, 0.25) is 0 Å². The molecule has 0 spiro atoms. The standard InChI is InChI=1S/C19H25ClN4O2/c1-13(11-18-14(2)22-26-15(18)3)21-19(25)24-9-7-23(8-10-24)17-6-4-5-16(20)12-17/h4-6,12-13H,7-11H2,1-3H3,(H,21,25)/t13-/m1/s1. The Balaban J connectivity index is 1.50. The van der Waals surface area contributed by atoms with Crippen LogP contribution in [0.15, 0.2) is 28.8 Å². The number of rotatable bonds is 4. The van der Waals surface area contributed by atoms with Crippen LogP contribution >= 0.6 is 11.6 Å². The number of aromatic nitrogens is 1. The third kappa shape index (κ3) is 4.30. The van der Waals surface area contributed by atoms with Gasteiger partial charge in [-0.3, -0.25) is 0 Å². The van der Waals surface area contributed by atoms with Crippen LogP contribution in [0.3, 0.4) is 0 Å². The molecule has 2 amide bonds. The lowest BCUT2D eigenvalue weighted by molar-refractivity contribution is 0.191. The average Bonchev–Trinajstić information content (AvgIpc) is 2.94. The van der Waals surface area contributed by atoms with Gasteiger partial charge in [0.1, 0.15) is 5.76 Å². The molecular weight excluding hydrogens is 352 g/mol. The van der Waals surface area contributed by atoms with Crippen LogP contribution in [0.5, 0.6) is 0 Å². The molecule has 0 unspecified atom stereocenters. The number of aryl methyl sites for hydroxylation is 2. The topological polar surface area (TPSA) is 61.6 Å². The second-order valence-corrected chi connectivity index (χ2v) is 7.25. The molecule has 26 heavy (non-hydrogen) atoms. The van der Waals surface area contributed by atoms with Crippen molar-refractivity contribution in [2.75, 3.05) is 31.1 Å². The molecule has 1 aromatic carbocycles. The first-order valence-electron chi connectivity index (χ1n) is 8.91. The van der Waals surface area contributed by atoms with E-state index in [4.69, 9.17) is 16.1 Å². The lowest BCUT2D eigenvalue weighted by Crippen LogP contribution is -2.53. The Morgan fingerprint density at radius 3 is 2.65 bits per heavy atom. The Morgan fingerprint density at radius 2 is 2.04 bits per heavy atom. The van der Waals surface area contributed by atoms with E-state index in [2.05, 4.69) is 15.4 Å². The largest absolute Gasteiger partial charge is 0.368 e. The summed E-state index contributed by atoms with van der Waals surface area (Å²) in [4.78, 5) is 16.7. The van der Waals surface area contributed by atoms with E-state index in [1.54, 1.807) is 0 Å². The minimum Gasteiger partial charge on any atom is -0.368 e. The van der Waals surface area contributed by atoms with Crippen molar-refractivity contribution in [3.05, 3.63) is 46.3 Å². The number of anilines is 1. The molecule has 1 aliphatic rings. The summed E-state index contributed by atoms with van der Waals surface area (Å²) in [7, 11) is 0. The molecule has 0 saturated carbocycles. The van der Waals surface area contributed by atoms with Crippen LogP contribution in [-0.4, -0.2) is 48.3 Å². The number of benzene rings is 1. The molecule has 140 valence electrons. The highest BCUT2D eigenvalue weighted by atomic mass is 35.5. The fourth-order valence-electron chi connectivity index (χ4n) is 3.29. The molecule has 7 heteroatoms. The van der Waals surface area contributed by atoms with Gasteiger partial charge in [0.15, 0.2) is 0 Å². The van der Waals surface area contributed by atoms with Gasteiger partial charge in [-0.2, -0.15) is 0 Å². The monoisotopic (exact) mass is 376 g/mol. The first kappa shape index (κ1) is 18.6. The maximum absolute atomic E-state index is 12.5. The van der Waals surface area contributed by atoms with Gasteiger partial charge >= 0.3 is 6.03 Å². The maximum atomic E-state index is 12.5. The molecule has 0 radical (unpaired) electrons. The minimum absolute atomic E-state index is 0.0185. The lowest BCUT2D eigenvalue weighted by atomic mass is 10.1. The fraction of sp³-hybridized carbons (Fsp3) is 0.474. The summed E-state index contributed by atoms with van der Waals surface area (Å²) in [6, 6.07) is 7.83. The van der Waals surface area contributed by atoms with Crippen LogP contribution in [-0.2, 0) is 6.42 Å². The predicted octanol–water partition coefficient (Wildman–Crippen LogP) is 3.41. The van der Waals surface area contributed by atoms with E-state index in [1.807, 2.05) is 49.9 Å². The summed E-state index contributed by atoms with van der Waals surface area (Å²) < 4.78 is 5.19. The van der Waals surface area contributed by atoms with E-state index in [-0.39, 0.29) is 12.1 Å². The molecule has 0 bridgehead atoms. The number of hydrogen-bond donors (Lipinski definition) is 1. The highest BCUT2D eigenvalue weighted by Crippen LogP contribution is 2.21. The number of nitrogens with one attached hydrogen (secondary N) is 1. The molecule has 0 aliphatic carbocycles. The van der Waals surface area contributed by atoms with Crippen LogP contribution in [0.2, 0.25) is 5.02 Å². The zero-order valence-electron chi connectivity index (χ0n) is 15.5. The van der Waals surface area contributed by atoms with Crippen molar-refractivity contribution in [2.45, 2.75) is 33.2 Å². The maximum Gasteiger partial charge on any atom is 0.317 e. The van der Waals surface area contributed by atoms with Gasteiger partial charge in [-0.25, -0.2) is 4.79 Å². The fourth-order valence-corrected chi connectivity index (χ4v) is 3.48. The van der Waals surface area contributed by atoms with Gasteiger partial charge in [-0.15, -0.1) is 0 Å². The molecule has 1 N–H and O–H groups in total. The van der Waals surface area contributed by atoms with Crippen LogP contribution in [0.4, 0.5) is 10.5 Å². The molecule has 1 aromatic heterocycles. The molecule has 1 saturated heterocycles. The number of nitrogens with zero attached hydrogens (tertiary/aromatic N) is 3. The average molecular weight is 377 g/mol. The predicted molar refractivity (Wildman–Crippen MR) is 103 cm³/mol. The zero-order chi connectivity index (χ0) is 18.7. The smallest absolute Gasteiger partial charge is 0.317 e. The quantitative estimate of drug-likeness (QED) is 0.888. The number of hydrogen-bond acceptors (Lipinski definition) is 4. The summed E-state index contributed by atoms with van der Waals surface area (Å²) in [5, 5.41) is 7.78. The minimum atomic E-state index is -0.0185. The summed E-state index contributed by atoms with van der Waals surface area (Å²) >= 11 is 6.07. The molecule has 6 nitrogen and oxygen atoms in total. The van der Waals surface area contributed by atoms with Crippen molar-refractivity contribution in [2.24, 2.45) is 0 Å². The summed E-state index contributed by atoms with van der Waals surface area (Å²) in [5.41, 5.74) is 3.06. The van der Waals surface area contributed by atoms with E-state index in [9.17, 15) is 4.79 Å². The molecule has 1 fully saturated rings. The molecule has 3 rings (SSSR count). The van der Waals surface area contributed by atoms with Crippen molar-refractivity contribution < 1.29 is 9.32 Å². The van der Waals surface area contributed by atoms with Crippen LogP contribution in [0.1, 0.15) is 23.9 Å². The van der Waals surface area contributed by atoms with E-state index in [0.717, 1.165) is 47.2 Å². The summed E-state index contributed by atoms with van der Waals surface area (Å²) in [6.07, 6.45) is 0.718. The van der Waals surface area contributed by atoms with Crippen LogP contribution < -0.4 is 10.2 Å². The second-order valence-electron chi connectivity index (χ2n) is 6.81. The summed E-state index contributed by atoms with van der Waals surface area (Å²) in [6.45, 7) is 8.81. The molecular formula is C19H25ClN4O2. The molecule has 1 atom stereocenters. The number of urea groups is 1. The van der Waals surface area contributed by atoms with Crippen molar-refractivity contribution in [3.8, 4) is 0 Å². The number of halogens is 1. The first-order chi connectivity index (χ1) is 12.4. The van der Waals surface area contributed by atoms with Gasteiger partial charge in [0.05, 0.1) is 5.69 Å². The highest BCUT2D eigenvalue weighted by Gasteiger charge is 2.23. The van der Waals surface area contributed by atoms with Gasteiger partial charge in [0, 0.05) is 48.5 Å². The number of carbonyl (C=O) groups excluding carboxylic acids is 1. The lowest BCUT2D eigenvalue weighted by Gasteiger charge is -2.36. The second kappa shape index (κ2) is 7.99. The summed E-state index contributed by atoms with van der Waals surface area (Å²) in [5.74, 6) is 0.818. The molecule has 1 aliphatic heterocycles. The van der Waals surface area contributed by atoms with Crippen molar-refractivity contribution >= 4 is 23.3 Å². The molecule has 2 heterocycles. The third-order valence-corrected chi connectivity index (χ3v) is 5.04. The Hall–Kier alpha value is -2.21. The third-order valence-electron chi connectivity index (χ3n) is 4.80. The van der Waals surface area contributed by atoms with E-state index < -0.39 is 0 Å². The SMILES string of the molecule is Cc1noc(C)c1C[C@@H](C)NC(=O)N1CCN(c2cccc(Cl)c2)CC1. The molecule has 2 aromatic rings. The van der Waals surface area contributed by atoms with Crippen LogP contribution in [0.25, 0.3) is 0 Å². The van der Waals surface area contributed by atoms with E-state index in [0.29, 0.717) is 13.1 Å². The Bertz CT molecular complexity index is 749. The van der Waals surface area contributed by atoms with Crippen molar-refractivity contribution in [1.82, 2.24) is 15.4 Å². The van der Waals surface area contributed by atoms with Gasteiger partial charge in [0.25, 0.3) is 0 Å². The van der Waals surface area contributed by atoms with E-state index in [1.165, 1.54) is 0 Å². The van der Waals surface area contributed by atoms with Crippen LogP contribution in [0, 0.1) is 13.8 Å². The van der Waals surface area contributed by atoms with Crippen molar-refractivity contribution in [1.29, 1.82) is 0 Å². The van der Waals surface area contributed by atoms with E-state index >= 15 is 0 Å². The first-order valence-corrected chi connectivity index (χ1v) is 9.29. The Labute approximate surface area is 159 Å². The van der Waals surface area contributed by atoms with Gasteiger partial charge in [-0.1, -0.05) is 22.8 Å². The number of amides is 2. The number of piperazine rings is 1. The van der Waals surface area contributed by atoms with Crippen molar-refractivity contribution in [3.63, 3.8) is 0 Å². The van der Waals surface area contributed by atoms with Gasteiger partial charge < -0.3 is 19.6 Å². The normalized spacial score (nSPS) is 15.8. The highest BCUT2D eigenvalue weighted by molar-refractivity contribution is 6.30. The van der Waals surface area contributed by atoms with Gasteiger partial charge in [-0.05, 0) is 45.4 Å². The number of carbonyl (C=O) groups is 1. The Kier molecular flexibility index (Phi) is 5.71. The zero-order valence-corrected chi connectivity index (χ0v) is 16.2.